The van der Waals surface area contributed by atoms with E-state index >= 15 is 0 Å². The summed E-state index contributed by atoms with van der Waals surface area (Å²) in [7, 11) is 0. The Morgan fingerprint density at radius 2 is 1.26 bits per heavy atom. The van der Waals surface area contributed by atoms with Crippen LogP contribution in [0.15, 0.2) is 109 Å². The first-order chi connectivity index (χ1) is 19.1. The molecule has 0 atom stereocenters. The Hall–Kier alpha value is -4.69. The average molecular weight is 540 g/mol. The lowest BCUT2D eigenvalue weighted by atomic mass is 10.1. The Morgan fingerprint density at radius 1 is 0.667 bits per heavy atom. The summed E-state index contributed by atoms with van der Waals surface area (Å²) >= 11 is 5.33. The number of ether oxygens (including phenoxy) is 2. The van der Waals surface area contributed by atoms with Crippen molar-refractivity contribution in [2.24, 2.45) is 0 Å². The summed E-state index contributed by atoms with van der Waals surface area (Å²) in [5, 5.41) is 8.63. The molecule has 0 aromatic heterocycles. The second kappa shape index (κ2) is 14.3. The van der Waals surface area contributed by atoms with Gasteiger partial charge in [0.1, 0.15) is 24.7 Å². The number of para-hydroxylation sites is 2. The number of thiocarbonyl (C=S) groups is 1. The van der Waals surface area contributed by atoms with Crippen molar-refractivity contribution in [1.82, 2.24) is 10.6 Å². The van der Waals surface area contributed by atoms with Gasteiger partial charge in [0.2, 0.25) is 0 Å². The maximum absolute atomic E-state index is 12.8. The zero-order valence-electron chi connectivity index (χ0n) is 21.3. The molecule has 2 amide bonds. The Labute approximate surface area is 233 Å². The molecule has 0 aliphatic carbocycles. The van der Waals surface area contributed by atoms with Crippen LogP contribution < -0.4 is 25.4 Å². The second-order valence-corrected chi connectivity index (χ2v) is 8.89. The van der Waals surface area contributed by atoms with Gasteiger partial charge in [-0.15, -0.1) is 0 Å². The fraction of sp³-hybridized carbons (Fsp3) is 0.129. The minimum Gasteiger partial charge on any atom is -0.490 e. The number of nitrogens with one attached hydrogen (secondary N) is 3. The van der Waals surface area contributed by atoms with Crippen molar-refractivity contribution in [2.45, 2.75) is 6.42 Å². The topological polar surface area (TPSA) is 88.7 Å². The van der Waals surface area contributed by atoms with Crippen LogP contribution in [0.4, 0.5) is 5.69 Å². The van der Waals surface area contributed by atoms with Gasteiger partial charge in [-0.2, -0.15) is 0 Å². The molecule has 8 heteroatoms. The van der Waals surface area contributed by atoms with Crippen molar-refractivity contribution < 1.29 is 19.1 Å². The number of hydrogen-bond donors (Lipinski definition) is 3. The van der Waals surface area contributed by atoms with E-state index < -0.39 is 0 Å². The monoisotopic (exact) mass is 539 g/mol. The van der Waals surface area contributed by atoms with Gasteiger partial charge in [0.25, 0.3) is 11.8 Å². The van der Waals surface area contributed by atoms with Crippen molar-refractivity contribution in [3.8, 4) is 11.5 Å². The number of rotatable bonds is 11. The Balaban J connectivity index is 1.23. The van der Waals surface area contributed by atoms with Crippen LogP contribution in [0.2, 0.25) is 0 Å². The van der Waals surface area contributed by atoms with E-state index in [1.54, 1.807) is 48.5 Å². The molecule has 0 saturated heterocycles. The molecule has 198 valence electrons. The average Bonchev–Trinajstić information content (AvgIpc) is 2.97. The molecule has 0 unspecified atom stereocenters. The van der Waals surface area contributed by atoms with E-state index in [4.69, 9.17) is 21.7 Å². The molecule has 4 aromatic carbocycles. The van der Waals surface area contributed by atoms with E-state index in [0.29, 0.717) is 42.3 Å². The number of amides is 2. The van der Waals surface area contributed by atoms with Crippen molar-refractivity contribution in [3.05, 3.63) is 126 Å². The minimum absolute atomic E-state index is 0.0860. The SMILES string of the molecule is O=C(NC(=S)Nc1ccccc1C(=O)NCCc1ccccc1)c1ccc(OCCOc2ccccc2)cc1. The highest BCUT2D eigenvalue weighted by Crippen LogP contribution is 2.16. The second-order valence-electron chi connectivity index (χ2n) is 8.48. The molecule has 0 spiro atoms. The number of carbonyl (C=O) groups excluding carboxylic acids is 2. The normalized spacial score (nSPS) is 10.3. The summed E-state index contributed by atoms with van der Waals surface area (Å²) in [5.41, 5.74) is 2.49. The highest BCUT2D eigenvalue weighted by molar-refractivity contribution is 7.80. The van der Waals surface area contributed by atoms with Crippen LogP contribution in [0.5, 0.6) is 11.5 Å². The van der Waals surface area contributed by atoms with Gasteiger partial charge in [-0.1, -0.05) is 60.7 Å². The molecule has 0 heterocycles. The standard InChI is InChI=1S/C31H29N3O4S/c35-29(24-15-17-26(18-16-24)38-22-21-37-25-11-5-2-6-12-25)34-31(39)33-28-14-8-7-13-27(28)30(36)32-20-19-23-9-3-1-4-10-23/h1-18H,19-22H2,(H,32,36)(H2,33,34,35,39). The van der Waals surface area contributed by atoms with Gasteiger partial charge in [-0.25, -0.2) is 0 Å². The number of anilines is 1. The van der Waals surface area contributed by atoms with Gasteiger partial charge in [0.05, 0.1) is 11.3 Å². The van der Waals surface area contributed by atoms with Crippen LogP contribution in [0.3, 0.4) is 0 Å². The quantitative estimate of drug-likeness (QED) is 0.178. The largest absolute Gasteiger partial charge is 0.490 e. The van der Waals surface area contributed by atoms with Gasteiger partial charge in [0.15, 0.2) is 5.11 Å². The molecular weight excluding hydrogens is 510 g/mol. The zero-order chi connectivity index (χ0) is 27.3. The third-order valence-corrected chi connectivity index (χ3v) is 5.87. The lowest BCUT2D eigenvalue weighted by Crippen LogP contribution is -2.35. The zero-order valence-corrected chi connectivity index (χ0v) is 22.1. The van der Waals surface area contributed by atoms with Crippen LogP contribution in [-0.2, 0) is 6.42 Å². The number of hydrogen-bond acceptors (Lipinski definition) is 5. The van der Waals surface area contributed by atoms with Gasteiger partial charge >= 0.3 is 0 Å². The van der Waals surface area contributed by atoms with Crippen LogP contribution in [-0.4, -0.2) is 36.7 Å². The van der Waals surface area contributed by atoms with Gasteiger partial charge in [-0.05, 0) is 72.7 Å². The van der Waals surface area contributed by atoms with Crippen LogP contribution >= 0.6 is 12.2 Å². The summed E-state index contributed by atoms with van der Waals surface area (Å²) in [6.07, 6.45) is 0.724. The van der Waals surface area contributed by atoms with Gasteiger partial charge < -0.3 is 20.1 Å². The first-order valence-corrected chi connectivity index (χ1v) is 12.9. The Bertz CT molecular complexity index is 1380. The van der Waals surface area contributed by atoms with E-state index in [9.17, 15) is 9.59 Å². The molecule has 0 aliphatic heterocycles. The Morgan fingerprint density at radius 3 is 1.95 bits per heavy atom. The molecule has 0 radical (unpaired) electrons. The Kier molecular flexibility index (Phi) is 10.0. The van der Waals surface area contributed by atoms with E-state index in [2.05, 4.69) is 16.0 Å². The first-order valence-electron chi connectivity index (χ1n) is 12.5. The lowest BCUT2D eigenvalue weighted by molar-refractivity contribution is 0.0953. The maximum atomic E-state index is 12.8. The third-order valence-electron chi connectivity index (χ3n) is 5.67. The molecule has 0 fully saturated rings. The fourth-order valence-corrected chi connectivity index (χ4v) is 3.92. The predicted molar refractivity (Wildman–Crippen MR) is 156 cm³/mol. The van der Waals surface area contributed by atoms with Crippen molar-refractivity contribution in [1.29, 1.82) is 0 Å². The molecule has 4 rings (SSSR count). The molecular formula is C31H29N3O4S. The van der Waals surface area contributed by atoms with Crippen molar-refractivity contribution in [3.63, 3.8) is 0 Å². The minimum atomic E-state index is -0.378. The molecule has 3 N–H and O–H groups in total. The van der Waals surface area contributed by atoms with E-state index in [-0.39, 0.29) is 16.9 Å². The lowest BCUT2D eigenvalue weighted by Gasteiger charge is -2.14. The van der Waals surface area contributed by atoms with E-state index in [0.717, 1.165) is 17.7 Å². The molecule has 7 nitrogen and oxygen atoms in total. The van der Waals surface area contributed by atoms with Gasteiger partial charge in [0, 0.05) is 12.1 Å². The molecule has 39 heavy (non-hydrogen) atoms. The first kappa shape index (κ1) is 27.3. The summed E-state index contributed by atoms with van der Waals surface area (Å²) < 4.78 is 11.3. The molecule has 0 saturated carbocycles. The van der Waals surface area contributed by atoms with Crippen molar-refractivity contribution >= 4 is 34.8 Å². The molecule has 4 aromatic rings. The highest BCUT2D eigenvalue weighted by Gasteiger charge is 2.13. The third kappa shape index (κ3) is 8.69. The summed E-state index contributed by atoms with van der Waals surface area (Å²) in [4.78, 5) is 25.5. The smallest absolute Gasteiger partial charge is 0.257 e. The maximum Gasteiger partial charge on any atom is 0.257 e. The summed E-state index contributed by atoms with van der Waals surface area (Å²) in [6.45, 7) is 1.27. The highest BCUT2D eigenvalue weighted by atomic mass is 32.1. The summed E-state index contributed by atoms with van der Waals surface area (Å²) in [6, 6.07) is 33.2. The number of benzene rings is 4. The van der Waals surface area contributed by atoms with Crippen LogP contribution in [0.1, 0.15) is 26.3 Å². The van der Waals surface area contributed by atoms with E-state index in [1.165, 1.54) is 0 Å². The fourth-order valence-electron chi connectivity index (χ4n) is 3.72. The predicted octanol–water partition coefficient (Wildman–Crippen LogP) is 5.24. The van der Waals surface area contributed by atoms with E-state index in [1.807, 2.05) is 60.7 Å². The van der Waals surface area contributed by atoms with Crippen LogP contribution in [0.25, 0.3) is 0 Å². The number of carbonyl (C=O) groups is 2. The molecule has 0 aliphatic rings. The van der Waals surface area contributed by atoms with Crippen molar-refractivity contribution in [2.75, 3.05) is 25.1 Å². The van der Waals surface area contributed by atoms with Gasteiger partial charge in [-0.3, -0.25) is 14.9 Å². The van der Waals surface area contributed by atoms with Crippen LogP contribution in [0, 0.1) is 0 Å². The molecule has 0 bridgehead atoms. The summed E-state index contributed by atoms with van der Waals surface area (Å²) in [5.74, 6) is 0.796.